The molecule has 0 aliphatic rings. The van der Waals surface area contributed by atoms with Gasteiger partial charge in [0.05, 0.1) is 16.8 Å². The van der Waals surface area contributed by atoms with E-state index in [4.69, 9.17) is 9.15 Å². The molecule has 0 aliphatic carbocycles. The lowest BCUT2D eigenvalue weighted by molar-refractivity contribution is 0.0734. The summed E-state index contributed by atoms with van der Waals surface area (Å²) in [6, 6.07) is 24.7. The molecule has 0 spiro atoms. The van der Waals surface area contributed by atoms with Gasteiger partial charge in [0.25, 0.3) is 0 Å². The average molecular weight is 527 g/mol. The number of fused-ring (bicyclic) bond motifs is 1. The number of esters is 1. The standard InChI is InChI=1S/C28H19BrN2O4/c1-17-3-2-4-25-26(17)31-27(35-25)23-15-21(11-14-24(23)32)30-16-18-5-12-22(13-6-18)34-28(33)19-7-9-20(29)10-8-19/h2-16,32H,1H3. The van der Waals surface area contributed by atoms with Gasteiger partial charge in [-0.15, -0.1) is 0 Å². The van der Waals surface area contributed by atoms with Gasteiger partial charge in [-0.3, -0.25) is 4.99 Å². The summed E-state index contributed by atoms with van der Waals surface area (Å²) in [6.07, 6.45) is 1.69. The number of phenolic OH excluding ortho intramolecular Hbond substituents is 1. The molecular weight excluding hydrogens is 508 g/mol. The maximum absolute atomic E-state index is 12.3. The lowest BCUT2D eigenvalue weighted by Gasteiger charge is -2.05. The van der Waals surface area contributed by atoms with E-state index >= 15 is 0 Å². The lowest BCUT2D eigenvalue weighted by Crippen LogP contribution is -2.08. The van der Waals surface area contributed by atoms with Crippen LogP contribution in [0.3, 0.4) is 0 Å². The molecule has 0 saturated carbocycles. The van der Waals surface area contributed by atoms with Crippen molar-refractivity contribution in [2.24, 2.45) is 4.99 Å². The molecule has 5 aromatic rings. The number of hydrogen-bond donors (Lipinski definition) is 1. The van der Waals surface area contributed by atoms with E-state index in [9.17, 15) is 9.90 Å². The molecule has 35 heavy (non-hydrogen) atoms. The maximum atomic E-state index is 12.3. The van der Waals surface area contributed by atoms with Gasteiger partial charge in [0.1, 0.15) is 17.0 Å². The number of aliphatic imine (C=N–C) groups is 1. The third-order valence-corrected chi connectivity index (χ3v) is 5.89. The minimum atomic E-state index is -0.426. The van der Waals surface area contributed by atoms with Gasteiger partial charge in [-0.1, -0.05) is 28.1 Å². The second-order valence-electron chi connectivity index (χ2n) is 7.87. The van der Waals surface area contributed by atoms with Gasteiger partial charge in [-0.2, -0.15) is 0 Å². The van der Waals surface area contributed by atoms with Crippen molar-refractivity contribution >= 4 is 44.9 Å². The third kappa shape index (κ3) is 5.00. The summed E-state index contributed by atoms with van der Waals surface area (Å²) in [4.78, 5) is 21.3. The molecule has 0 radical (unpaired) electrons. The van der Waals surface area contributed by atoms with Crippen molar-refractivity contribution in [3.63, 3.8) is 0 Å². The molecule has 4 aromatic carbocycles. The number of nitrogens with zero attached hydrogens (tertiary/aromatic N) is 2. The number of phenols is 1. The fraction of sp³-hybridized carbons (Fsp3) is 0.0357. The zero-order chi connectivity index (χ0) is 24.4. The first-order chi connectivity index (χ1) is 17.0. The van der Waals surface area contributed by atoms with Crippen LogP contribution in [0.2, 0.25) is 0 Å². The number of carbonyl (C=O) groups excluding carboxylic acids is 1. The van der Waals surface area contributed by atoms with E-state index in [1.165, 1.54) is 0 Å². The minimum Gasteiger partial charge on any atom is -0.507 e. The molecule has 0 atom stereocenters. The Morgan fingerprint density at radius 1 is 1.03 bits per heavy atom. The number of para-hydroxylation sites is 1. The van der Waals surface area contributed by atoms with Gasteiger partial charge >= 0.3 is 5.97 Å². The van der Waals surface area contributed by atoms with Crippen molar-refractivity contribution in [3.05, 3.63) is 106 Å². The van der Waals surface area contributed by atoms with Gasteiger partial charge < -0.3 is 14.3 Å². The number of hydrogen-bond acceptors (Lipinski definition) is 6. The van der Waals surface area contributed by atoms with Gasteiger partial charge in [0.15, 0.2) is 5.58 Å². The first kappa shape index (κ1) is 22.6. The highest BCUT2D eigenvalue weighted by Gasteiger charge is 2.14. The summed E-state index contributed by atoms with van der Waals surface area (Å²) < 4.78 is 12.2. The molecule has 172 valence electrons. The van der Waals surface area contributed by atoms with E-state index < -0.39 is 5.97 Å². The molecule has 0 unspecified atom stereocenters. The number of rotatable bonds is 5. The SMILES string of the molecule is Cc1cccc2oc(-c3cc(N=Cc4ccc(OC(=O)c5ccc(Br)cc5)cc4)ccc3O)nc12. The molecular formula is C28H19BrN2O4. The Bertz CT molecular complexity index is 1560. The summed E-state index contributed by atoms with van der Waals surface area (Å²) in [5.74, 6) is 0.407. The van der Waals surface area contributed by atoms with Crippen LogP contribution in [0.4, 0.5) is 5.69 Å². The second-order valence-corrected chi connectivity index (χ2v) is 8.78. The van der Waals surface area contributed by atoms with Crippen molar-refractivity contribution in [2.45, 2.75) is 6.92 Å². The molecule has 7 heteroatoms. The zero-order valence-corrected chi connectivity index (χ0v) is 20.2. The topological polar surface area (TPSA) is 84.9 Å². The largest absolute Gasteiger partial charge is 0.507 e. The minimum absolute atomic E-state index is 0.0603. The van der Waals surface area contributed by atoms with Crippen molar-refractivity contribution in [1.29, 1.82) is 0 Å². The molecule has 1 N–H and O–H groups in total. The van der Waals surface area contributed by atoms with E-state index in [-0.39, 0.29) is 5.75 Å². The predicted molar refractivity (Wildman–Crippen MR) is 139 cm³/mol. The first-order valence-electron chi connectivity index (χ1n) is 10.8. The van der Waals surface area contributed by atoms with Crippen LogP contribution in [0.15, 0.2) is 98.8 Å². The van der Waals surface area contributed by atoms with Crippen molar-refractivity contribution in [1.82, 2.24) is 4.98 Å². The number of halogens is 1. The molecule has 1 aromatic heterocycles. The van der Waals surface area contributed by atoms with Crippen LogP contribution in [0.25, 0.3) is 22.6 Å². The molecule has 1 heterocycles. The van der Waals surface area contributed by atoms with Gasteiger partial charge in [0.2, 0.25) is 5.89 Å². The predicted octanol–water partition coefficient (Wildman–Crippen LogP) is 7.24. The fourth-order valence-corrected chi connectivity index (χ4v) is 3.76. The number of aromatic hydroxyl groups is 1. The number of aryl methyl sites for hydroxylation is 1. The second kappa shape index (κ2) is 9.56. The van der Waals surface area contributed by atoms with Crippen LogP contribution in [0, 0.1) is 6.92 Å². The van der Waals surface area contributed by atoms with E-state index in [2.05, 4.69) is 25.9 Å². The van der Waals surface area contributed by atoms with Crippen LogP contribution in [-0.2, 0) is 0 Å². The van der Waals surface area contributed by atoms with Crippen LogP contribution in [-0.4, -0.2) is 22.3 Å². The van der Waals surface area contributed by atoms with Gasteiger partial charge in [-0.05, 0) is 90.8 Å². The Kier molecular flexibility index (Phi) is 6.16. The zero-order valence-electron chi connectivity index (χ0n) is 18.6. The third-order valence-electron chi connectivity index (χ3n) is 5.36. The van der Waals surface area contributed by atoms with Crippen LogP contribution < -0.4 is 4.74 Å². The van der Waals surface area contributed by atoms with E-state index in [1.54, 1.807) is 72.9 Å². The van der Waals surface area contributed by atoms with Crippen molar-refractivity contribution in [3.8, 4) is 23.0 Å². The molecule has 0 amide bonds. The Morgan fingerprint density at radius 2 is 1.80 bits per heavy atom. The van der Waals surface area contributed by atoms with Gasteiger partial charge in [0, 0.05) is 10.7 Å². The van der Waals surface area contributed by atoms with E-state index in [1.807, 2.05) is 25.1 Å². The summed E-state index contributed by atoms with van der Waals surface area (Å²) in [7, 11) is 0. The van der Waals surface area contributed by atoms with Gasteiger partial charge in [-0.25, -0.2) is 9.78 Å². The summed E-state index contributed by atoms with van der Waals surface area (Å²) in [5.41, 5.74) is 4.80. The number of ether oxygens (including phenoxy) is 1. The number of carbonyl (C=O) groups is 1. The molecule has 5 rings (SSSR count). The number of oxazole rings is 1. The Balaban J connectivity index is 1.32. The Morgan fingerprint density at radius 3 is 2.54 bits per heavy atom. The Hall–Kier alpha value is -4.23. The summed E-state index contributed by atoms with van der Waals surface area (Å²) >= 11 is 3.35. The quantitative estimate of drug-likeness (QED) is 0.148. The average Bonchev–Trinajstić information content (AvgIpc) is 3.30. The van der Waals surface area contributed by atoms with Crippen LogP contribution in [0.5, 0.6) is 11.5 Å². The molecule has 0 fully saturated rings. The van der Waals surface area contributed by atoms with Crippen LogP contribution >= 0.6 is 15.9 Å². The van der Waals surface area contributed by atoms with Crippen LogP contribution in [0.1, 0.15) is 21.5 Å². The van der Waals surface area contributed by atoms with Crippen molar-refractivity contribution < 1.29 is 19.1 Å². The number of aromatic nitrogens is 1. The lowest BCUT2D eigenvalue weighted by atomic mass is 10.1. The van der Waals surface area contributed by atoms with E-state index in [0.717, 1.165) is 21.1 Å². The summed E-state index contributed by atoms with van der Waals surface area (Å²) in [6.45, 7) is 1.96. The highest BCUT2D eigenvalue weighted by molar-refractivity contribution is 9.10. The Labute approximate surface area is 209 Å². The number of benzene rings is 4. The normalized spacial score (nSPS) is 11.3. The fourth-order valence-electron chi connectivity index (χ4n) is 3.50. The molecule has 6 nitrogen and oxygen atoms in total. The molecule has 0 bridgehead atoms. The molecule has 0 aliphatic heterocycles. The smallest absolute Gasteiger partial charge is 0.343 e. The highest BCUT2D eigenvalue weighted by atomic mass is 79.9. The van der Waals surface area contributed by atoms with Crippen molar-refractivity contribution in [2.75, 3.05) is 0 Å². The monoisotopic (exact) mass is 526 g/mol. The maximum Gasteiger partial charge on any atom is 0.343 e. The van der Waals surface area contributed by atoms with E-state index in [0.29, 0.717) is 34.0 Å². The summed E-state index contributed by atoms with van der Waals surface area (Å²) in [5, 5.41) is 10.4. The highest BCUT2D eigenvalue weighted by Crippen LogP contribution is 2.34. The first-order valence-corrected chi connectivity index (χ1v) is 11.6. The molecule has 0 saturated heterocycles.